The molecule has 0 aliphatic heterocycles. The first-order chi connectivity index (χ1) is 7.90. The quantitative estimate of drug-likeness (QED) is 0.805. The Kier molecular flexibility index (Phi) is 5.59. The van der Waals surface area contributed by atoms with Crippen molar-refractivity contribution in [3.63, 3.8) is 0 Å². The maximum Gasteiger partial charge on any atom is 0.251 e. The monoisotopic (exact) mass is 365 g/mol. The summed E-state index contributed by atoms with van der Waals surface area (Å²) in [5, 5.41) is 2.82. The zero-order valence-electron chi connectivity index (χ0n) is 9.64. The highest BCUT2D eigenvalue weighted by molar-refractivity contribution is 9.10. The molecule has 17 heavy (non-hydrogen) atoms. The van der Waals surface area contributed by atoms with Crippen molar-refractivity contribution in [1.29, 1.82) is 0 Å². The third-order valence-corrected chi connectivity index (χ3v) is 3.25. The van der Waals surface area contributed by atoms with Crippen molar-refractivity contribution in [1.82, 2.24) is 5.32 Å². The minimum Gasteiger partial charge on any atom is -0.350 e. The Labute approximate surface area is 117 Å². The van der Waals surface area contributed by atoms with Crippen LogP contribution in [0.5, 0.6) is 0 Å². The molecule has 0 heterocycles. The lowest BCUT2D eigenvalue weighted by Gasteiger charge is -2.15. The van der Waals surface area contributed by atoms with Crippen LogP contribution in [0.2, 0.25) is 0 Å². The smallest absolute Gasteiger partial charge is 0.251 e. The summed E-state index contributed by atoms with van der Waals surface area (Å²) in [6.45, 7) is 3.94. The lowest BCUT2D eigenvalue weighted by Crippen LogP contribution is -2.33. The van der Waals surface area contributed by atoms with Gasteiger partial charge in [-0.2, -0.15) is 0 Å². The fraction of sp³-hybridized carbons (Fsp3) is 0.417. The van der Waals surface area contributed by atoms with E-state index in [1.54, 1.807) is 6.07 Å². The summed E-state index contributed by atoms with van der Waals surface area (Å²) in [6.07, 6.45) is 0.824. The summed E-state index contributed by atoms with van der Waals surface area (Å²) in [4.78, 5) is 12.1. The van der Waals surface area contributed by atoms with Gasteiger partial charge in [-0.15, -0.1) is 0 Å². The van der Waals surface area contributed by atoms with Crippen LogP contribution in [0, 0.1) is 5.82 Å². The third-order valence-electron chi connectivity index (χ3n) is 2.24. The fourth-order valence-corrected chi connectivity index (χ4v) is 2.30. The van der Waals surface area contributed by atoms with Gasteiger partial charge < -0.3 is 5.32 Å². The average Bonchev–Trinajstić information content (AvgIpc) is 2.20. The van der Waals surface area contributed by atoms with E-state index in [1.807, 2.05) is 13.8 Å². The molecule has 1 aromatic rings. The van der Waals surface area contributed by atoms with E-state index in [0.29, 0.717) is 14.9 Å². The Morgan fingerprint density at radius 1 is 1.47 bits per heavy atom. The zero-order valence-corrected chi connectivity index (χ0v) is 12.8. The maximum atomic E-state index is 13.3. The Balaban J connectivity index is 2.66. The van der Waals surface area contributed by atoms with Crippen LogP contribution in [0.1, 0.15) is 30.6 Å². The van der Waals surface area contributed by atoms with Gasteiger partial charge in [0.2, 0.25) is 0 Å². The molecule has 0 spiro atoms. The van der Waals surface area contributed by atoms with Crippen molar-refractivity contribution in [2.75, 3.05) is 0 Å². The van der Waals surface area contributed by atoms with E-state index in [9.17, 15) is 9.18 Å². The van der Waals surface area contributed by atoms with Crippen molar-refractivity contribution < 1.29 is 9.18 Å². The Morgan fingerprint density at radius 2 is 2.12 bits per heavy atom. The molecule has 1 N–H and O–H groups in total. The van der Waals surface area contributed by atoms with E-state index in [4.69, 9.17) is 0 Å². The number of amides is 1. The molecule has 0 saturated carbocycles. The summed E-state index contributed by atoms with van der Waals surface area (Å²) < 4.78 is 13.6. The molecule has 2 unspecified atom stereocenters. The molecule has 2 nitrogen and oxygen atoms in total. The van der Waals surface area contributed by atoms with Gasteiger partial charge in [-0.25, -0.2) is 4.39 Å². The molecular weight excluding hydrogens is 353 g/mol. The second-order valence-corrected chi connectivity index (χ2v) is 6.44. The SMILES string of the molecule is CC(Br)CC(C)NC(=O)c1ccc(Br)c(F)c1. The topological polar surface area (TPSA) is 29.1 Å². The number of hydrogen-bond donors (Lipinski definition) is 1. The first kappa shape index (κ1) is 14.6. The van der Waals surface area contributed by atoms with Gasteiger partial charge in [-0.1, -0.05) is 22.9 Å². The highest BCUT2D eigenvalue weighted by atomic mass is 79.9. The van der Waals surface area contributed by atoms with E-state index in [-0.39, 0.29) is 11.9 Å². The van der Waals surface area contributed by atoms with Gasteiger partial charge in [0.05, 0.1) is 4.47 Å². The van der Waals surface area contributed by atoms with Crippen LogP contribution in [0.15, 0.2) is 22.7 Å². The molecule has 1 amide bonds. The normalized spacial score (nSPS) is 14.2. The summed E-state index contributed by atoms with van der Waals surface area (Å²) in [5.41, 5.74) is 0.333. The van der Waals surface area contributed by atoms with Crippen LogP contribution in [0.25, 0.3) is 0 Å². The summed E-state index contributed by atoms with van der Waals surface area (Å²) in [7, 11) is 0. The van der Waals surface area contributed by atoms with E-state index in [1.165, 1.54) is 12.1 Å². The number of carbonyl (C=O) groups is 1. The van der Waals surface area contributed by atoms with Crippen molar-refractivity contribution in [2.24, 2.45) is 0 Å². The van der Waals surface area contributed by atoms with Crippen molar-refractivity contribution in [2.45, 2.75) is 31.1 Å². The number of benzene rings is 1. The minimum atomic E-state index is -0.431. The number of alkyl halides is 1. The molecule has 1 aromatic carbocycles. The molecule has 94 valence electrons. The predicted octanol–water partition coefficient (Wildman–Crippen LogP) is 3.88. The van der Waals surface area contributed by atoms with E-state index in [0.717, 1.165) is 6.42 Å². The van der Waals surface area contributed by atoms with E-state index < -0.39 is 5.82 Å². The van der Waals surface area contributed by atoms with Gasteiger partial charge in [0.15, 0.2) is 0 Å². The average molecular weight is 367 g/mol. The summed E-state index contributed by atoms with van der Waals surface area (Å²) in [5.74, 6) is -0.684. The first-order valence-corrected chi connectivity index (χ1v) is 7.01. The number of hydrogen-bond acceptors (Lipinski definition) is 1. The predicted molar refractivity (Wildman–Crippen MR) is 74.0 cm³/mol. The minimum absolute atomic E-state index is 0.0450. The van der Waals surface area contributed by atoms with Crippen LogP contribution < -0.4 is 5.32 Å². The van der Waals surface area contributed by atoms with Crippen LogP contribution in [-0.2, 0) is 0 Å². The largest absolute Gasteiger partial charge is 0.350 e. The molecule has 0 radical (unpaired) electrons. The maximum absolute atomic E-state index is 13.3. The molecular formula is C12H14Br2FNO. The second-order valence-electron chi connectivity index (χ2n) is 4.02. The number of carbonyl (C=O) groups excluding carboxylic acids is 1. The standard InChI is InChI=1S/C12H14Br2FNO/c1-7(13)5-8(2)16-12(17)9-3-4-10(14)11(15)6-9/h3-4,6-8H,5H2,1-2H3,(H,16,17). The van der Waals surface area contributed by atoms with Crippen LogP contribution in [-0.4, -0.2) is 16.8 Å². The van der Waals surface area contributed by atoms with E-state index >= 15 is 0 Å². The van der Waals surface area contributed by atoms with Crippen molar-refractivity contribution in [3.8, 4) is 0 Å². The van der Waals surface area contributed by atoms with Gasteiger partial charge in [-0.05, 0) is 47.5 Å². The number of rotatable bonds is 4. The number of nitrogens with one attached hydrogen (secondary N) is 1. The number of halogens is 3. The second kappa shape index (κ2) is 6.50. The molecule has 1 rings (SSSR count). The fourth-order valence-electron chi connectivity index (χ4n) is 1.49. The Morgan fingerprint density at radius 3 is 2.65 bits per heavy atom. The van der Waals surface area contributed by atoms with Gasteiger partial charge in [-0.3, -0.25) is 4.79 Å². The lowest BCUT2D eigenvalue weighted by atomic mass is 10.1. The Bertz CT molecular complexity index is 409. The first-order valence-electron chi connectivity index (χ1n) is 5.30. The molecule has 0 aliphatic carbocycles. The molecule has 2 atom stereocenters. The van der Waals surface area contributed by atoms with Gasteiger partial charge >= 0.3 is 0 Å². The molecule has 5 heteroatoms. The highest BCUT2D eigenvalue weighted by Crippen LogP contribution is 2.16. The van der Waals surface area contributed by atoms with Crippen LogP contribution >= 0.6 is 31.9 Å². The molecule has 0 bridgehead atoms. The van der Waals surface area contributed by atoms with Crippen LogP contribution in [0.4, 0.5) is 4.39 Å². The third kappa shape index (κ3) is 4.76. The highest BCUT2D eigenvalue weighted by Gasteiger charge is 2.12. The summed E-state index contributed by atoms with van der Waals surface area (Å²) >= 11 is 6.47. The lowest BCUT2D eigenvalue weighted by molar-refractivity contribution is 0.0938. The van der Waals surface area contributed by atoms with Crippen molar-refractivity contribution >= 4 is 37.8 Å². The molecule has 0 fully saturated rings. The van der Waals surface area contributed by atoms with Gasteiger partial charge in [0.1, 0.15) is 5.82 Å². The van der Waals surface area contributed by atoms with Gasteiger partial charge in [0, 0.05) is 16.4 Å². The zero-order chi connectivity index (χ0) is 13.0. The molecule has 0 aromatic heterocycles. The summed E-state index contributed by atoms with van der Waals surface area (Å²) in [6, 6.07) is 4.39. The Hall–Kier alpha value is -0.420. The van der Waals surface area contributed by atoms with E-state index in [2.05, 4.69) is 37.2 Å². The molecule has 0 aliphatic rings. The molecule has 0 saturated heterocycles. The van der Waals surface area contributed by atoms with Gasteiger partial charge in [0.25, 0.3) is 5.91 Å². The van der Waals surface area contributed by atoms with Crippen molar-refractivity contribution in [3.05, 3.63) is 34.1 Å². The van der Waals surface area contributed by atoms with Crippen LogP contribution in [0.3, 0.4) is 0 Å².